The van der Waals surface area contributed by atoms with Crippen LogP contribution >= 0.6 is 58.0 Å². The Hall–Kier alpha value is -1.17. The van der Waals surface area contributed by atoms with Gasteiger partial charge in [-0.25, -0.2) is 0 Å². The molecule has 0 spiro atoms. The molecule has 2 aromatic rings. The number of hydrogen-bond donors (Lipinski definition) is 2. The lowest BCUT2D eigenvalue weighted by Crippen LogP contribution is -2.17. The van der Waals surface area contributed by atoms with Gasteiger partial charge < -0.3 is 10.6 Å². The SMILES string of the molecule is CCCC(=O)Nc1cc(NC(=O)C2C(c3cc(Cl)cc(Cl)c3)C2(Cl)Cl)ccc1Cl. The van der Waals surface area contributed by atoms with Crippen LogP contribution in [0.25, 0.3) is 0 Å². The van der Waals surface area contributed by atoms with Gasteiger partial charge in [0.05, 0.1) is 16.6 Å². The highest BCUT2D eigenvalue weighted by atomic mass is 35.5. The number of alkyl halides is 2. The Morgan fingerprint density at radius 1 is 1.00 bits per heavy atom. The van der Waals surface area contributed by atoms with Gasteiger partial charge in [0.1, 0.15) is 4.33 Å². The zero-order chi connectivity index (χ0) is 21.3. The number of rotatable bonds is 6. The third-order valence-electron chi connectivity index (χ3n) is 4.57. The molecule has 0 saturated heterocycles. The van der Waals surface area contributed by atoms with Crippen LogP contribution in [0.4, 0.5) is 11.4 Å². The number of carbonyl (C=O) groups excluding carboxylic acids is 2. The normalized spacial score (nSPS) is 19.5. The van der Waals surface area contributed by atoms with E-state index in [-0.39, 0.29) is 11.8 Å². The van der Waals surface area contributed by atoms with E-state index in [1.807, 2.05) is 6.92 Å². The standard InChI is InChI=1S/C20H17Cl5N2O2/c1-2-3-16(28)27-15-9-13(4-5-14(15)23)26-19(29)18-17(20(18,24)25)10-6-11(21)8-12(22)7-10/h4-9,17-18H,2-3H2,1H3,(H,26,29)(H,27,28). The Bertz CT molecular complexity index is 944. The molecule has 4 nitrogen and oxygen atoms in total. The molecule has 0 radical (unpaired) electrons. The summed E-state index contributed by atoms with van der Waals surface area (Å²) >= 11 is 31.0. The zero-order valence-corrected chi connectivity index (χ0v) is 19.0. The molecule has 1 aliphatic carbocycles. The monoisotopic (exact) mass is 492 g/mol. The second-order valence-electron chi connectivity index (χ2n) is 6.81. The number of nitrogens with one attached hydrogen (secondary N) is 2. The van der Waals surface area contributed by atoms with Crippen LogP contribution in [0.3, 0.4) is 0 Å². The molecule has 2 atom stereocenters. The second-order valence-corrected chi connectivity index (χ2v) is 9.54. The van der Waals surface area contributed by atoms with Crippen molar-refractivity contribution in [2.24, 2.45) is 5.92 Å². The molecule has 2 amide bonds. The number of amides is 2. The molecule has 1 saturated carbocycles. The van der Waals surface area contributed by atoms with Crippen LogP contribution in [0.15, 0.2) is 36.4 Å². The molecule has 0 aliphatic heterocycles. The van der Waals surface area contributed by atoms with Crippen molar-refractivity contribution in [1.82, 2.24) is 0 Å². The minimum absolute atomic E-state index is 0.154. The first-order valence-electron chi connectivity index (χ1n) is 8.87. The molecule has 2 unspecified atom stereocenters. The Kier molecular flexibility index (Phi) is 6.91. The lowest BCUT2D eigenvalue weighted by atomic mass is 10.1. The molecular formula is C20H17Cl5N2O2. The zero-order valence-electron chi connectivity index (χ0n) is 15.2. The van der Waals surface area contributed by atoms with Gasteiger partial charge >= 0.3 is 0 Å². The minimum atomic E-state index is -1.28. The quantitative estimate of drug-likeness (QED) is 0.429. The predicted molar refractivity (Wildman–Crippen MR) is 121 cm³/mol. The fourth-order valence-electron chi connectivity index (χ4n) is 3.18. The summed E-state index contributed by atoms with van der Waals surface area (Å²) in [6, 6.07) is 9.78. The van der Waals surface area contributed by atoms with Crippen LogP contribution in [-0.2, 0) is 9.59 Å². The Morgan fingerprint density at radius 2 is 1.66 bits per heavy atom. The average Bonchev–Trinajstić information content (AvgIpc) is 3.19. The fourth-order valence-corrected chi connectivity index (χ4v) is 4.72. The maximum absolute atomic E-state index is 12.8. The number of hydrogen-bond acceptors (Lipinski definition) is 2. The largest absolute Gasteiger partial charge is 0.326 e. The van der Waals surface area contributed by atoms with E-state index in [1.165, 1.54) is 0 Å². The van der Waals surface area contributed by atoms with Crippen LogP contribution in [0.5, 0.6) is 0 Å². The first-order valence-corrected chi connectivity index (χ1v) is 10.8. The van der Waals surface area contributed by atoms with Crippen LogP contribution < -0.4 is 10.6 Å². The van der Waals surface area contributed by atoms with E-state index in [0.717, 1.165) is 0 Å². The van der Waals surface area contributed by atoms with Crippen LogP contribution in [-0.4, -0.2) is 16.1 Å². The molecule has 0 bridgehead atoms. The third-order valence-corrected chi connectivity index (χ3v) is 6.27. The lowest BCUT2D eigenvalue weighted by molar-refractivity contribution is -0.117. The maximum Gasteiger partial charge on any atom is 0.231 e. The van der Waals surface area contributed by atoms with Gasteiger partial charge in [-0.3, -0.25) is 9.59 Å². The van der Waals surface area contributed by atoms with E-state index in [9.17, 15) is 9.59 Å². The van der Waals surface area contributed by atoms with Crippen LogP contribution in [0, 0.1) is 5.92 Å². The molecule has 29 heavy (non-hydrogen) atoms. The summed E-state index contributed by atoms with van der Waals surface area (Å²) in [4.78, 5) is 24.6. The number of anilines is 2. The summed E-state index contributed by atoms with van der Waals surface area (Å²) in [5, 5.41) is 6.75. The van der Waals surface area contributed by atoms with E-state index in [1.54, 1.807) is 36.4 Å². The molecule has 1 aliphatic rings. The Morgan fingerprint density at radius 3 is 2.28 bits per heavy atom. The highest BCUT2D eigenvalue weighted by molar-refractivity contribution is 6.53. The van der Waals surface area contributed by atoms with Gasteiger partial charge in [-0.2, -0.15) is 0 Å². The number of carbonyl (C=O) groups is 2. The van der Waals surface area contributed by atoms with E-state index in [0.29, 0.717) is 44.8 Å². The smallest absolute Gasteiger partial charge is 0.231 e. The van der Waals surface area contributed by atoms with Crippen molar-refractivity contribution in [1.29, 1.82) is 0 Å². The van der Waals surface area contributed by atoms with E-state index in [4.69, 9.17) is 58.0 Å². The molecule has 1 fully saturated rings. The van der Waals surface area contributed by atoms with Crippen molar-refractivity contribution in [2.45, 2.75) is 30.0 Å². The average molecular weight is 495 g/mol. The van der Waals surface area contributed by atoms with Crippen molar-refractivity contribution >= 4 is 81.2 Å². The van der Waals surface area contributed by atoms with Gasteiger partial charge in [-0.1, -0.05) is 41.7 Å². The van der Waals surface area contributed by atoms with Crippen LogP contribution in [0.2, 0.25) is 15.1 Å². The van der Waals surface area contributed by atoms with E-state index < -0.39 is 16.2 Å². The molecule has 2 aromatic carbocycles. The van der Waals surface area contributed by atoms with Crippen molar-refractivity contribution in [3.05, 3.63) is 57.0 Å². The summed E-state index contributed by atoms with van der Waals surface area (Å²) in [7, 11) is 0. The van der Waals surface area contributed by atoms with E-state index >= 15 is 0 Å². The van der Waals surface area contributed by atoms with Crippen molar-refractivity contribution in [2.75, 3.05) is 10.6 Å². The van der Waals surface area contributed by atoms with Crippen molar-refractivity contribution in [3.63, 3.8) is 0 Å². The highest BCUT2D eigenvalue weighted by Crippen LogP contribution is 2.65. The Balaban J connectivity index is 1.75. The highest BCUT2D eigenvalue weighted by Gasteiger charge is 2.67. The van der Waals surface area contributed by atoms with Gasteiger partial charge in [0.25, 0.3) is 0 Å². The lowest BCUT2D eigenvalue weighted by Gasteiger charge is -2.10. The maximum atomic E-state index is 12.8. The fraction of sp³-hybridized carbons (Fsp3) is 0.300. The summed E-state index contributed by atoms with van der Waals surface area (Å²) in [6.45, 7) is 1.90. The third kappa shape index (κ3) is 5.12. The van der Waals surface area contributed by atoms with Crippen LogP contribution in [0.1, 0.15) is 31.2 Å². The molecule has 0 heterocycles. The minimum Gasteiger partial charge on any atom is -0.326 e. The summed E-state index contributed by atoms with van der Waals surface area (Å²) < 4.78 is -1.28. The van der Waals surface area contributed by atoms with Gasteiger partial charge in [0, 0.05) is 28.1 Å². The molecular weight excluding hydrogens is 477 g/mol. The predicted octanol–water partition coefficient (Wildman–Crippen LogP) is 6.91. The van der Waals surface area contributed by atoms with Gasteiger partial charge in [0.2, 0.25) is 11.8 Å². The summed E-state index contributed by atoms with van der Waals surface area (Å²) in [5.74, 6) is -1.64. The molecule has 9 heteroatoms. The van der Waals surface area contributed by atoms with Gasteiger partial charge in [0.15, 0.2) is 0 Å². The molecule has 2 N–H and O–H groups in total. The van der Waals surface area contributed by atoms with Gasteiger partial charge in [-0.15, -0.1) is 23.2 Å². The Labute approximate surface area is 193 Å². The molecule has 3 rings (SSSR count). The van der Waals surface area contributed by atoms with Crippen molar-refractivity contribution in [3.8, 4) is 0 Å². The first-order chi connectivity index (χ1) is 13.6. The first kappa shape index (κ1) is 22.5. The van der Waals surface area contributed by atoms with Gasteiger partial charge in [-0.05, 0) is 48.4 Å². The molecule has 154 valence electrons. The topological polar surface area (TPSA) is 58.2 Å². The summed E-state index contributed by atoms with van der Waals surface area (Å²) in [6.07, 6.45) is 1.09. The summed E-state index contributed by atoms with van der Waals surface area (Å²) in [5.41, 5.74) is 1.57. The van der Waals surface area contributed by atoms with E-state index in [2.05, 4.69) is 10.6 Å². The second kappa shape index (κ2) is 8.91. The number of benzene rings is 2. The van der Waals surface area contributed by atoms with Crippen molar-refractivity contribution < 1.29 is 9.59 Å². The number of halogens is 5. The molecule has 0 aromatic heterocycles.